The van der Waals surface area contributed by atoms with Gasteiger partial charge in [0.1, 0.15) is 5.82 Å². The number of rotatable bonds is 10. The number of nitrogens with zero attached hydrogens (tertiary/aromatic N) is 3. The topological polar surface area (TPSA) is 29.0 Å². The van der Waals surface area contributed by atoms with E-state index in [2.05, 4.69) is 41.0 Å². The number of allylic oxidation sites excluding steroid dienone is 2. The highest BCUT2D eigenvalue weighted by Crippen LogP contribution is 2.26. The lowest BCUT2D eigenvalue weighted by atomic mass is 9.91. The molecule has 0 radical (unpaired) electrons. The second kappa shape index (κ2) is 11.1. The molecule has 2 aromatic rings. The van der Waals surface area contributed by atoms with Crippen molar-refractivity contribution < 1.29 is 4.39 Å². The molecule has 3 nitrogen and oxygen atoms in total. The van der Waals surface area contributed by atoms with Crippen LogP contribution in [0, 0.1) is 11.7 Å². The molecular formula is C26H34FN3. The van der Waals surface area contributed by atoms with Crippen molar-refractivity contribution in [3.8, 4) is 0 Å². The minimum absolute atomic E-state index is 0.103. The summed E-state index contributed by atoms with van der Waals surface area (Å²) in [4.78, 5) is 11.4. The number of aryl methyl sites for hydroxylation is 1. The van der Waals surface area contributed by atoms with Crippen molar-refractivity contribution >= 4 is 11.5 Å². The highest BCUT2D eigenvalue weighted by atomic mass is 19.1. The first-order valence-electron chi connectivity index (χ1n) is 11.2. The van der Waals surface area contributed by atoms with Gasteiger partial charge in [-0.3, -0.25) is 0 Å². The Kier molecular flexibility index (Phi) is 8.18. The van der Waals surface area contributed by atoms with E-state index < -0.39 is 0 Å². The second-order valence-electron chi connectivity index (χ2n) is 8.32. The second-order valence-corrected chi connectivity index (χ2v) is 8.32. The standard InChI is InChI=1S/C26H34FN3/c1-4-8-23-12-11-22(17-25(23)27)10-7-6-9-21-13-15-30(16-14-21)26-28-18-24(19-29-26)20(3)5-2/h4,11-12,17-19,21H,1,3,5-10,13-16H2,2H3. The molecule has 160 valence electrons. The third kappa shape index (κ3) is 6.01. The Labute approximate surface area is 180 Å². The fourth-order valence-corrected chi connectivity index (χ4v) is 4.12. The van der Waals surface area contributed by atoms with Crippen LogP contribution in [0.1, 0.15) is 62.1 Å². The first kappa shape index (κ1) is 22.2. The molecule has 2 heterocycles. The van der Waals surface area contributed by atoms with Gasteiger partial charge in [0, 0.05) is 31.0 Å². The zero-order valence-corrected chi connectivity index (χ0v) is 18.2. The molecule has 4 heteroatoms. The summed E-state index contributed by atoms with van der Waals surface area (Å²) in [5, 5.41) is 0. The Morgan fingerprint density at radius 2 is 1.93 bits per heavy atom. The van der Waals surface area contributed by atoms with Gasteiger partial charge in [0.05, 0.1) is 0 Å². The molecule has 3 rings (SSSR count). The van der Waals surface area contributed by atoms with Gasteiger partial charge in [0.15, 0.2) is 0 Å². The predicted molar refractivity (Wildman–Crippen MR) is 124 cm³/mol. The monoisotopic (exact) mass is 407 g/mol. The third-order valence-electron chi connectivity index (χ3n) is 6.18. The van der Waals surface area contributed by atoms with E-state index in [0.29, 0.717) is 6.42 Å². The van der Waals surface area contributed by atoms with Gasteiger partial charge in [-0.2, -0.15) is 0 Å². The molecule has 0 atom stereocenters. The van der Waals surface area contributed by atoms with Crippen LogP contribution in [0.4, 0.5) is 10.3 Å². The van der Waals surface area contributed by atoms with E-state index in [-0.39, 0.29) is 5.82 Å². The Morgan fingerprint density at radius 1 is 1.20 bits per heavy atom. The van der Waals surface area contributed by atoms with Crippen LogP contribution < -0.4 is 4.90 Å². The predicted octanol–water partition coefficient (Wildman–Crippen LogP) is 6.40. The maximum Gasteiger partial charge on any atom is 0.225 e. The molecule has 0 N–H and O–H groups in total. The quantitative estimate of drug-likeness (QED) is 0.337. The van der Waals surface area contributed by atoms with Crippen LogP contribution in [-0.2, 0) is 12.8 Å². The van der Waals surface area contributed by atoms with E-state index >= 15 is 0 Å². The Balaban J connectivity index is 1.37. The van der Waals surface area contributed by atoms with Gasteiger partial charge < -0.3 is 4.90 Å². The third-order valence-corrected chi connectivity index (χ3v) is 6.18. The largest absolute Gasteiger partial charge is 0.341 e. The Morgan fingerprint density at radius 3 is 2.57 bits per heavy atom. The summed E-state index contributed by atoms with van der Waals surface area (Å²) >= 11 is 0. The number of anilines is 1. The Hall–Kier alpha value is -2.49. The van der Waals surface area contributed by atoms with E-state index in [0.717, 1.165) is 66.5 Å². The molecule has 1 fully saturated rings. The van der Waals surface area contributed by atoms with Crippen molar-refractivity contribution in [2.45, 2.75) is 58.3 Å². The van der Waals surface area contributed by atoms with Gasteiger partial charge >= 0.3 is 0 Å². The first-order chi connectivity index (χ1) is 14.6. The van der Waals surface area contributed by atoms with Crippen molar-refractivity contribution in [2.24, 2.45) is 5.92 Å². The minimum atomic E-state index is -0.103. The summed E-state index contributed by atoms with van der Waals surface area (Å²) in [7, 11) is 0. The number of halogens is 1. The highest BCUT2D eigenvalue weighted by molar-refractivity contribution is 5.61. The highest BCUT2D eigenvalue weighted by Gasteiger charge is 2.20. The van der Waals surface area contributed by atoms with Crippen LogP contribution in [0.15, 0.2) is 49.8 Å². The van der Waals surface area contributed by atoms with Crippen molar-refractivity contribution in [3.63, 3.8) is 0 Å². The van der Waals surface area contributed by atoms with Crippen molar-refractivity contribution in [2.75, 3.05) is 18.0 Å². The van der Waals surface area contributed by atoms with E-state index in [9.17, 15) is 4.39 Å². The molecule has 1 aliphatic rings. The fraction of sp³-hybridized carbons (Fsp3) is 0.462. The summed E-state index contributed by atoms with van der Waals surface area (Å²) in [6.07, 6.45) is 14.0. The van der Waals surface area contributed by atoms with E-state index in [1.54, 1.807) is 12.1 Å². The minimum Gasteiger partial charge on any atom is -0.341 e. The first-order valence-corrected chi connectivity index (χ1v) is 11.2. The molecule has 0 aliphatic carbocycles. The summed E-state index contributed by atoms with van der Waals surface area (Å²) in [6.45, 7) is 11.9. The lowest BCUT2D eigenvalue weighted by Crippen LogP contribution is -2.34. The van der Waals surface area contributed by atoms with Crippen molar-refractivity contribution in [1.29, 1.82) is 0 Å². The summed E-state index contributed by atoms with van der Waals surface area (Å²) < 4.78 is 14.0. The van der Waals surface area contributed by atoms with Gasteiger partial charge in [-0.15, -0.1) is 6.58 Å². The molecule has 0 saturated carbocycles. The number of aromatic nitrogens is 2. The van der Waals surface area contributed by atoms with E-state index in [4.69, 9.17) is 0 Å². The number of unbranched alkanes of at least 4 members (excludes halogenated alkanes) is 1. The van der Waals surface area contributed by atoms with Gasteiger partial charge in [-0.25, -0.2) is 14.4 Å². The number of hydrogen-bond donors (Lipinski definition) is 0. The van der Waals surface area contributed by atoms with Gasteiger partial charge in [-0.1, -0.05) is 44.6 Å². The number of hydrogen-bond acceptors (Lipinski definition) is 3. The lowest BCUT2D eigenvalue weighted by molar-refractivity contribution is 0.367. The lowest BCUT2D eigenvalue weighted by Gasteiger charge is -2.32. The average molecular weight is 408 g/mol. The van der Waals surface area contributed by atoms with E-state index in [1.165, 1.54) is 25.7 Å². The molecule has 0 bridgehead atoms. The smallest absolute Gasteiger partial charge is 0.225 e. The molecule has 1 saturated heterocycles. The molecule has 1 aromatic heterocycles. The Bertz CT molecular complexity index is 836. The maximum atomic E-state index is 14.0. The van der Waals surface area contributed by atoms with E-state index in [1.807, 2.05) is 18.5 Å². The zero-order valence-electron chi connectivity index (χ0n) is 18.2. The van der Waals surface area contributed by atoms with Crippen molar-refractivity contribution in [1.82, 2.24) is 9.97 Å². The summed E-state index contributed by atoms with van der Waals surface area (Å²) in [5.41, 5.74) is 3.94. The zero-order chi connectivity index (χ0) is 21.3. The molecule has 0 spiro atoms. The molecule has 1 aliphatic heterocycles. The average Bonchev–Trinajstić information content (AvgIpc) is 2.78. The van der Waals surface area contributed by atoms with Gasteiger partial charge in [0.25, 0.3) is 0 Å². The number of piperidine rings is 1. The SMILES string of the molecule is C=CCc1ccc(CCCCC2CCN(c3ncc(C(=C)CC)cn3)CC2)cc1F. The fourth-order valence-electron chi connectivity index (χ4n) is 4.12. The van der Waals surface area contributed by atoms with Gasteiger partial charge in [-0.05, 0) is 67.2 Å². The van der Waals surface area contributed by atoms with Crippen molar-refractivity contribution in [3.05, 3.63) is 72.3 Å². The van der Waals surface area contributed by atoms with Crippen LogP contribution >= 0.6 is 0 Å². The maximum absolute atomic E-state index is 14.0. The molecule has 1 aromatic carbocycles. The molecular weight excluding hydrogens is 373 g/mol. The summed E-state index contributed by atoms with van der Waals surface area (Å²) in [5.74, 6) is 1.50. The van der Waals surface area contributed by atoms with Crippen LogP contribution in [0.2, 0.25) is 0 Å². The van der Waals surface area contributed by atoms with Crippen LogP contribution in [0.5, 0.6) is 0 Å². The van der Waals surface area contributed by atoms with Crippen LogP contribution in [0.3, 0.4) is 0 Å². The van der Waals surface area contributed by atoms with Crippen LogP contribution in [-0.4, -0.2) is 23.1 Å². The molecule has 0 unspecified atom stereocenters. The number of benzene rings is 1. The molecule has 0 amide bonds. The summed E-state index contributed by atoms with van der Waals surface area (Å²) in [6, 6.07) is 5.65. The molecule has 30 heavy (non-hydrogen) atoms. The van der Waals surface area contributed by atoms with Gasteiger partial charge in [0.2, 0.25) is 5.95 Å². The van der Waals surface area contributed by atoms with Crippen LogP contribution in [0.25, 0.3) is 5.57 Å². The normalized spacial score (nSPS) is 14.7.